The Bertz CT molecular complexity index is 524. The van der Waals surface area contributed by atoms with Crippen LogP contribution < -0.4 is 0 Å². The van der Waals surface area contributed by atoms with E-state index in [0.29, 0.717) is 17.1 Å². The number of ether oxygens (including phenoxy) is 1. The molecule has 0 amide bonds. The van der Waals surface area contributed by atoms with Crippen LogP contribution in [0.3, 0.4) is 0 Å². The van der Waals surface area contributed by atoms with Gasteiger partial charge in [-0.3, -0.25) is 4.40 Å². The molecule has 0 radical (unpaired) electrons. The van der Waals surface area contributed by atoms with Crippen LogP contribution in [0.5, 0.6) is 0 Å². The molecule has 0 aliphatic carbocycles. The molecule has 0 bridgehead atoms. The summed E-state index contributed by atoms with van der Waals surface area (Å²) in [5.74, 6) is 1.08. The van der Waals surface area contributed by atoms with E-state index < -0.39 is 0 Å². The van der Waals surface area contributed by atoms with E-state index in [9.17, 15) is 4.79 Å². The second-order valence-corrected chi connectivity index (χ2v) is 4.01. The van der Waals surface area contributed by atoms with Crippen LogP contribution in [0.15, 0.2) is 18.2 Å². The van der Waals surface area contributed by atoms with Crippen LogP contribution in [0, 0.1) is 0 Å². The van der Waals surface area contributed by atoms with Crippen LogP contribution in [0.25, 0.3) is 5.65 Å². The number of rotatable bonds is 3. The number of hydrogen-bond donors (Lipinski definition) is 0. The van der Waals surface area contributed by atoms with Gasteiger partial charge in [0.05, 0.1) is 12.9 Å². The Kier molecular flexibility index (Phi) is 3.09. The third kappa shape index (κ3) is 1.76. The van der Waals surface area contributed by atoms with Gasteiger partial charge in [0.15, 0.2) is 5.65 Å². The fraction of sp³-hybridized carbons (Fsp3) is 0.300. The van der Waals surface area contributed by atoms with Gasteiger partial charge in [-0.25, -0.2) is 4.79 Å². The topological polar surface area (TPSA) is 56.5 Å². The lowest BCUT2D eigenvalue weighted by Gasteiger charge is -2.04. The quantitative estimate of drug-likeness (QED) is 0.755. The summed E-state index contributed by atoms with van der Waals surface area (Å²) in [7, 11) is 1.36. The number of nitrogens with zero attached hydrogens (tertiary/aromatic N) is 3. The number of thioether (sulfide) groups is 1. The zero-order valence-corrected chi connectivity index (χ0v) is 9.82. The van der Waals surface area contributed by atoms with Gasteiger partial charge in [-0.1, -0.05) is 6.07 Å². The summed E-state index contributed by atoms with van der Waals surface area (Å²) < 4.78 is 6.45. The molecule has 0 aliphatic heterocycles. The lowest BCUT2D eigenvalue weighted by molar-refractivity contribution is 0.0592. The van der Waals surface area contributed by atoms with E-state index in [-0.39, 0.29) is 5.97 Å². The first-order valence-electron chi connectivity index (χ1n) is 4.68. The first-order valence-corrected chi connectivity index (χ1v) is 6.07. The van der Waals surface area contributed by atoms with Crippen LogP contribution in [-0.4, -0.2) is 33.9 Å². The number of aromatic nitrogens is 3. The van der Waals surface area contributed by atoms with Crippen molar-refractivity contribution in [3.63, 3.8) is 0 Å². The zero-order chi connectivity index (χ0) is 11.5. The highest BCUT2D eigenvalue weighted by molar-refractivity contribution is 7.97. The summed E-state index contributed by atoms with van der Waals surface area (Å²) in [6, 6.07) is 5.27. The minimum atomic E-state index is -0.382. The van der Waals surface area contributed by atoms with E-state index in [1.54, 1.807) is 28.3 Å². The van der Waals surface area contributed by atoms with Crippen molar-refractivity contribution in [1.29, 1.82) is 0 Å². The summed E-state index contributed by atoms with van der Waals surface area (Å²) in [5.41, 5.74) is 1.11. The fourth-order valence-electron chi connectivity index (χ4n) is 1.49. The highest BCUT2D eigenvalue weighted by Gasteiger charge is 2.14. The van der Waals surface area contributed by atoms with E-state index in [4.69, 9.17) is 4.74 Å². The minimum absolute atomic E-state index is 0.382. The normalized spacial score (nSPS) is 10.6. The molecule has 2 aromatic rings. The van der Waals surface area contributed by atoms with Gasteiger partial charge in [-0.15, -0.1) is 10.2 Å². The molecule has 0 atom stereocenters. The van der Waals surface area contributed by atoms with Gasteiger partial charge in [0.1, 0.15) is 11.5 Å². The molecule has 0 fully saturated rings. The number of fused-ring (bicyclic) bond motifs is 1. The molecule has 2 heterocycles. The Balaban J connectivity index is 2.63. The summed E-state index contributed by atoms with van der Waals surface area (Å²) in [6.07, 6.45) is 1.97. The van der Waals surface area contributed by atoms with Gasteiger partial charge in [0, 0.05) is 0 Å². The Morgan fingerprint density at radius 3 is 3.00 bits per heavy atom. The van der Waals surface area contributed by atoms with Gasteiger partial charge in [0.2, 0.25) is 0 Å². The number of pyridine rings is 1. The van der Waals surface area contributed by atoms with Crippen molar-refractivity contribution in [3.8, 4) is 0 Å². The van der Waals surface area contributed by atoms with Crippen molar-refractivity contribution in [1.82, 2.24) is 14.6 Å². The maximum atomic E-state index is 11.6. The van der Waals surface area contributed by atoms with E-state index in [1.165, 1.54) is 7.11 Å². The predicted molar refractivity (Wildman–Crippen MR) is 61.5 cm³/mol. The molecule has 0 N–H and O–H groups in total. The molecule has 2 rings (SSSR count). The molecule has 2 aromatic heterocycles. The Morgan fingerprint density at radius 1 is 1.50 bits per heavy atom. The van der Waals surface area contributed by atoms with Crippen LogP contribution >= 0.6 is 11.8 Å². The number of hydrogen-bond acceptors (Lipinski definition) is 5. The monoisotopic (exact) mass is 237 g/mol. The summed E-state index contributed by atoms with van der Waals surface area (Å²) in [5, 5.41) is 8.05. The van der Waals surface area contributed by atoms with Crippen LogP contribution in [0.1, 0.15) is 16.3 Å². The highest BCUT2D eigenvalue weighted by Crippen LogP contribution is 2.13. The van der Waals surface area contributed by atoms with Crippen LogP contribution in [0.4, 0.5) is 0 Å². The SMILES string of the molecule is COC(=O)c1cccc2nnc(CSC)n12. The number of methoxy groups -OCH3 is 1. The van der Waals surface area contributed by atoms with Crippen molar-refractivity contribution in [2.24, 2.45) is 0 Å². The Hall–Kier alpha value is -1.56. The van der Waals surface area contributed by atoms with Crippen molar-refractivity contribution in [2.75, 3.05) is 13.4 Å². The summed E-state index contributed by atoms with van der Waals surface area (Å²) >= 11 is 1.63. The van der Waals surface area contributed by atoms with Gasteiger partial charge < -0.3 is 4.74 Å². The second kappa shape index (κ2) is 4.52. The lowest BCUT2D eigenvalue weighted by Crippen LogP contribution is -2.09. The molecule has 0 spiro atoms. The molecule has 0 unspecified atom stereocenters. The molecule has 5 nitrogen and oxygen atoms in total. The lowest BCUT2D eigenvalue weighted by atomic mass is 10.3. The Labute approximate surface area is 96.8 Å². The first-order chi connectivity index (χ1) is 7.77. The van der Waals surface area contributed by atoms with Crippen LogP contribution in [-0.2, 0) is 10.5 Å². The van der Waals surface area contributed by atoms with E-state index in [0.717, 1.165) is 5.82 Å². The van der Waals surface area contributed by atoms with E-state index >= 15 is 0 Å². The number of carbonyl (C=O) groups excluding carboxylic acids is 1. The summed E-state index contributed by atoms with van der Waals surface area (Å²) in [4.78, 5) is 11.6. The molecule has 0 aromatic carbocycles. The molecule has 84 valence electrons. The van der Waals surface area contributed by atoms with Crippen molar-refractivity contribution < 1.29 is 9.53 Å². The zero-order valence-electron chi connectivity index (χ0n) is 9.01. The summed E-state index contributed by atoms with van der Waals surface area (Å²) in [6.45, 7) is 0. The average Bonchev–Trinajstić information content (AvgIpc) is 2.72. The fourth-order valence-corrected chi connectivity index (χ4v) is 1.93. The minimum Gasteiger partial charge on any atom is -0.464 e. The Morgan fingerprint density at radius 2 is 2.31 bits per heavy atom. The van der Waals surface area contributed by atoms with Gasteiger partial charge in [0.25, 0.3) is 0 Å². The average molecular weight is 237 g/mol. The molecule has 0 aliphatic rings. The highest BCUT2D eigenvalue weighted by atomic mass is 32.2. The van der Waals surface area contributed by atoms with Crippen molar-refractivity contribution in [3.05, 3.63) is 29.7 Å². The molecule has 0 saturated carbocycles. The predicted octanol–water partition coefficient (Wildman–Crippen LogP) is 1.38. The third-order valence-electron chi connectivity index (χ3n) is 2.16. The molecule has 16 heavy (non-hydrogen) atoms. The number of esters is 1. The van der Waals surface area contributed by atoms with Gasteiger partial charge in [-0.05, 0) is 18.4 Å². The van der Waals surface area contributed by atoms with Gasteiger partial charge >= 0.3 is 5.97 Å². The maximum absolute atomic E-state index is 11.6. The van der Waals surface area contributed by atoms with Crippen molar-refractivity contribution >= 4 is 23.4 Å². The van der Waals surface area contributed by atoms with Gasteiger partial charge in [-0.2, -0.15) is 11.8 Å². The van der Waals surface area contributed by atoms with E-state index in [2.05, 4.69) is 10.2 Å². The largest absolute Gasteiger partial charge is 0.464 e. The maximum Gasteiger partial charge on any atom is 0.355 e. The third-order valence-corrected chi connectivity index (χ3v) is 2.71. The molecule has 6 heteroatoms. The first kappa shape index (κ1) is 10.9. The standard InChI is InChI=1S/C10H11N3O2S/c1-15-10(14)7-4-3-5-8-11-12-9(6-16-2)13(7)8/h3-5H,6H2,1-2H3. The van der Waals surface area contributed by atoms with E-state index in [1.807, 2.05) is 12.3 Å². The van der Waals surface area contributed by atoms with Crippen molar-refractivity contribution in [2.45, 2.75) is 5.75 Å². The second-order valence-electron chi connectivity index (χ2n) is 3.15. The smallest absolute Gasteiger partial charge is 0.355 e. The molecular weight excluding hydrogens is 226 g/mol. The van der Waals surface area contributed by atoms with Crippen LogP contribution in [0.2, 0.25) is 0 Å². The molecule has 0 saturated heterocycles. The molecular formula is C10H11N3O2S. The number of carbonyl (C=O) groups is 1.